The number of benzene rings is 1. The maximum atomic E-state index is 14.1. The molecule has 1 spiro atoms. The molecule has 9 heteroatoms. The van der Waals surface area contributed by atoms with Crippen molar-refractivity contribution in [3.63, 3.8) is 0 Å². The molecule has 2 amide bonds. The van der Waals surface area contributed by atoms with Crippen molar-refractivity contribution in [3.8, 4) is 0 Å². The van der Waals surface area contributed by atoms with Crippen molar-refractivity contribution >= 4 is 11.8 Å². The Balaban J connectivity index is 2.06. The van der Waals surface area contributed by atoms with E-state index in [0.717, 1.165) is 12.1 Å². The van der Waals surface area contributed by atoms with E-state index >= 15 is 0 Å². The number of halogens is 5. The predicted octanol–water partition coefficient (Wildman–Crippen LogP) is 2.88. The Hall–Kier alpha value is -2.84. The Morgan fingerprint density at radius 3 is 2.54 bits per heavy atom. The largest absolute Gasteiger partial charge is 0.433 e. The van der Waals surface area contributed by atoms with E-state index < -0.39 is 46.4 Å². The number of alkyl halides is 3. The van der Waals surface area contributed by atoms with Crippen LogP contribution < -0.4 is 5.32 Å². The molecule has 26 heavy (non-hydrogen) atoms. The van der Waals surface area contributed by atoms with Crippen LogP contribution in [0.5, 0.6) is 0 Å². The number of aromatic nitrogens is 1. The van der Waals surface area contributed by atoms with Gasteiger partial charge in [-0.15, -0.1) is 0 Å². The first-order valence-electron chi connectivity index (χ1n) is 7.57. The number of hydrogen-bond acceptors (Lipinski definition) is 3. The standard InChI is InChI=1S/C17H9F5N2O2/c18-7-5-10-8(11(19)6-7)3-4-16(10)13-9(14(25)24-15(16)26)1-2-12(23-13)17(20,21)22/h1-2,5-6H,3-4H2,(H,24,25,26). The lowest BCUT2D eigenvalue weighted by atomic mass is 9.73. The summed E-state index contributed by atoms with van der Waals surface area (Å²) in [7, 11) is 0. The van der Waals surface area contributed by atoms with E-state index in [1.165, 1.54) is 0 Å². The molecule has 2 heterocycles. The van der Waals surface area contributed by atoms with Crippen molar-refractivity contribution in [1.29, 1.82) is 0 Å². The van der Waals surface area contributed by atoms with Crippen molar-refractivity contribution in [2.45, 2.75) is 24.4 Å². The number of nitrogens with one attached hydrogen (secondary N) is 1. The van der Waals surface area contributed by atoms with Gasteiger partial charge in [-0.2, -0.15) is 13.2 Å². The molecule has 1 aliphatic carbocycles. The molecule has 0 fully saturated rings. The Morgan fingerprint density at radius 1 is 1.12 bits per heavy atom. The molecule has 4 nitrogen and oxygen atoms in total. The van der Waals surface area contributed by atoms with Crippen LogP contribution in [0.25, 0.3) is 0 Å². The minimum Gasteiger partial charge on any atom is -0.291 e. The van der Waals surface area contributed by atoms with Gasteiger partial charge in [-0.05, 0) is 42.2 Å². The average Bonchev–Trinajstić information content (AvgIpc) is 2.92. The van der Waals surface area contributed by atoms with Crippen LogP contribution in [0.2, 0.25) is 0 Å². The minimum absolute atomic E-state index is 0.000419. The van der Waals surface area contributed by atoms with E-state index in [2.05, 4.69) is 10.3 Å². The summed E-state index contributed by atoms with van der Waals surface area (Å²) in [6.07, 6.45) is -4.93. The van der Waals surface area contributed by atoms with Crippen LogP contribution in [-0.4, -0.2) is 16.8 Å². The number of pyridine rings is 1. The lowest BCUT2D eigenvalue weighted by Gasteiger charge is -2.34. The van der Waals surface area contributed by atoms with Gasteiger partial charge in [-0.3, -0.25) is 14.9 Å². The van der Waals surface area contributed by atoms with E-state index in [-0.39, 0.29) is 29.5 Å². The van der Waals surface area contributed by atoms with Gasteiger partial charge in [0.1, 0.15) is 22.7 Å². The van der Waals surface area contributed by atoms with Crippen molar-refractivity contribution in [3.05, 3.63) is 64.0 Å². The lowest BCUT2D eigenvalue weighted by molar-refractivity contribution is -0.141. The number of carbonyl (C=O) groups is 2. The molecule has 4 rings (SSSR count). The van der Waals surface area contributed by atoms with Crippen LogP contribution in [0.15, 0.2) is 24.3 Å². The second-order valence-electron chi connectivity index (χ2n) is 6.19. The van der Waals surface area contributed by atoms with Gasteiger partial charge in [0.25, 0.3) is 5.91 Å². The van der Waals surface area contributed by atoms with Crippen molar-refractivity contribution in [1.82, 2.24) is 10.3 Å². The third-order valence-electron chi connectivity index (χ3n) is 4.82. The summed E-state index contributed by atoms with van der Waals surface area (Å²) >= 11 is 0. The zero-order valence-electron chi connectivity index (χ0n) is 12.9. The molecule has 0 radical (unpaired) electrons. The molecular weight excluding hydrogens is 359 g/mol. The first-order chi connectivity index (χ1) is 12.1. The fourth-order valence-electron chi connectivity index (χ4n) is 3.68. The molecule has 1 atom stereocenters. The second kappa shape index (κ2) is 5.09. The lowest BCUT2D eigenvalue weighted by Crippen LogP contribution is -2.52. The molecule has 1 N–H and O–H groups in total. The van der Waals surface area contributed by atoms with E-state index in [1.54, 1.807) is 0 Å². The second-order valence-corrected chi connectivity index (χ2v) is 6.19. The Labute approximate surface area is 143 Å². The first kappa shape index (κ1) is 16.6. The number of imide groups is 1. The zero-order valence-corrected chi connectivity index (χ0v) is 12.9. The molecule has 1 unspecified atom stereocenters. The van der Waals surface area contributed by atoms with Crippen molar-refractivity contribution in [2.75, 3.05) is 0 Å². The Kier molecular flexibility index (Phi) is 3.25. The SMILES string of the molecule is O=C1NC(=O)C2(CCc3c(F)cc(F)cc32)c2nc(C(F)(F)F)ccc21. The fourth-order valence-corrected chi connectivity index (χ4v) is 3.68. The van der Waals surface area contributed by atoms with Crippen LogP contribution in [0.3, 0.4) is 0 Å². The Bertz CT molecular complexity index is 986. The fraction of sp³-hybridized carbons (Fsp3) is 0.235. The number of rotatable bonds is 0. The number of hydrogen-bond donors (Lipinski definition) is 1. The van der Waals surface area contributed by atoms with Crippen LogP contribution in [0.4, 0.5) is 22.0 Å². The predicted molar refractivity (Wildman–Crippen MR) is 77.2 cm³/mol. The number of fused-ring (bicyclic) bond motifs is 4. The molecule has 0 saturated carbocycles. The van der Waals surface area contributed by atoms with Gasteiger partial charge >= 0.3 is 6.18 Å². The maximum absolute atomic E-state index is 14.1. The summed E-state index contributed by atoms with van der Waals surface area (Å²) in [4.78, 5) is 28.2. The van der Waals surface area contributed by atoms with E-state index in [0.29, 0.717) is 12.1 Å². The van der Waals surface area contributed by atoms with Crippen molar-refractivity contribution < 1.29 is 31.5 Å². The van der Waals surface area contributed by atoms with Crippen molar-refractivity contribution in [2.24, 2.45) is 0 Å². The number of nitrogens with zero attached hydrogens (tertiary/aromatic N) is 1. The van der Waals surface area contributed by atoms with Gasteiger partial charge in [-0.25, -0.2) is 13.8 Å². The van der Waals surface area contributed by atoms with Crippen LogP contribution in [-0.2, 0) is 22.8 Å². The third-order valence-corrected chi connectivity index (χ3v) is 4.82. The summed E-state index contributed by atoms with van der Waals surface area (Å²) in [5, 5.41) is 2.06. The summed E-state index contributed by atoms with van der Waals surface area (Å²) in [6, 6.07) is 3.10. The summed E-state index contributed by atoms with van der Waals surface area (Å²) in [5.74, 6) is -3.70. The quantitative estimate of drug-likeness (QED) is 0.575. The normalized spacial score (nSPS) is 21.6. The molecule has 0 bridgehead atoms. The molecule has 134 valence electrons. The monoisotopic (exact) mass is 368 g/mol. The van der Waals surface area contributed by atoms with E-state index in [4.69, 9.17) is 0 Å². The molecule has 2 aromatic rings. The smallest absolute Gasteiger partial charge is 0.291 e. The molecule has 0 saturated heterocycles. The minimum atomic E-state index is -4.80. The summed E-state index contributed by atoms with van der Waals surface area (Å²) < 4.78 is 67.1. The van der Waals surface area contributed by atoms with E-state index in [9.17, 15) is 31.5 Å². The average molecular weight is 368 g/mol. The number of amides is 2. The molecule has 1 aliphatic heterocycles. The van der Waals surface area contributed by atoms with E-state index in [1.807, 2.05) is 0 Å². The highest BCUT2D eigenvalue weighted by atomic mass is 19.4. The molecular formula is C17H9F5N2O2. The molecule has 1 aromatic heterocycles. The number of carbonyl (C=O) groups excluding carboxylic acids is 2. The van der Waals surface area contributed by atoms with Gasteiger partial charge in [0.2, 0.25) is 5.91 Å². The highest BCUT2D eigenvalue weighted by molar-refractivity contribution is 6.14. The van der Waals surface area contributed by atoms with Crippen LogP contribution in [0.1, 0.15) is 39.3 Å². The summed E-state index contributed by atoms with van der Waals surface area (Å²) in [5.41, 5.74) is -3.86. The van der Waals surface area contributed by atoms with Crippen LogP contribution >= 0.6 is 0 Å². The van der Waals surface area contributed by atoms with Gasteiger partial charge in [0.05, 0.1) is 11.3 Å². The molecule has 1 aromatic carbocycles. The molecule has 2 aliphatic rings. The van der Waals surface area contributed by atoms with Gasteiger partial charge in [0.15, 0.2) is 0 Å². The third kappa shape index (κ3) is 2.09. The van der Waals surface area contributed by atoms with Gasteiger partial charge < -0.3 is 0 Å². The van der Waals surface area contributed by atoms with Gasteiger partial charge in [0, 0.05) is 6.07 Å². The highest BCUT2D eigenvalue weighted by Crippen LogP contribution is 2.48. The first-order valence-corrected chi connectivity index (χ1v) is 7.57. The van der Waals surface area contributed by atoms with Crippen LogP contribution in [0, 0.1) is 11.6 Å². The zero-order chi connectivity index (χ0) is 18.9. The maximum Gasteiger partial charge on any atom is 0.433 e. The topological polar surface area (TPSA) is 59.1 Å². The summed E-state index contributed by atoms with van der Waals surface area (Å²) in [6.45, 7) is 0. The Morgan fingerprint density at radius 2 is 1.85 bits per heavy atom. The highest BCUT2D eigenvalue weighted by Gasteiger charge is 2.54. The van der Waals surface area contributed by atoms with Gasteiger partial charge in [-0.1, -0.05) is 0 Å².